The Kier molecular flexibility index (Phi) is 1.69. The summed E-state index contributed by atoms with van der Waals surface area (Å²) >= 11 is 0. The Morgan fingerprint density at radius 3 is 3.08 bits per heavy atom. The third-order valence-corrected chi connectivity index (χ3v) is 2.24. The average Bonchev–Trinajstić information content (AvgIpc) is 2.43. The first-order valence-corrected chi connectivity index (χ1v) is 4.21. The molecule has 0 radical (unpaired) electrons. The number of benzene rings is 1. The summed E-state index contributed by atoms with van der Waals surface area (Å²) in [5.41, 5.74) is 1.92. The van der Waals surface area contributed by atoms with Crippen LogP contribution in [0, 0.1) is 10.1 Å². The van der Waals surface area contributed by atoms with Gasteiger partial charge in [-0.25, -0.2) is 0 Å². The van der Waals surface area contributed by atoms with Crippen LogP contribution in [0.1, 0.15) is 12.5 Å². The highest BCUT2D eigenvalue weighted by atomic mass is 16.6. The number of hydrogen-bond acceptors (Lipinski definition) is 3. The molecule has 0 spiro atoms. The van der Waals surface area contributed by atoms with Gasteiger partial charge in [0.25, 0.3) is 5.69 Å². The zero-order valence-corrected chi connectivity index (χ0v) is 7.28. The molecule has 1 unspecified atom stereocenters. The van der Waals surface area contributed by atoms with Gasteiger partial charge in [-0.15, -0.1) is 0 Å². The molecule has 4 heteroatoms. The van der Waals surface area contributed by atoms with Gasteiger partial charge < -0.3 is 5.32 Å². The number of rotatable bonds is 1. The van der Waals surface area contributed by atoms with E-state index in [0.717, 1.165) is 12.0 Å². The van der Waals surface area contributed by atoms with Gasteiger partial charge in [-0.2, -0.15) is 0 Å². The van der Waals surface area contributed by atoms with Crippen LogP contribution in [0.4, 0.5) is 11.4 Å². The Labute approximate surface area is 75.7 Å². The maximum atomic E-state index is 10.6. The summed E-state index contributed by atoms with van der Waals surface area (Å²) < 4.78 is 0. The first-order valence-electron chi connectivity index (χ1n) is 4.21. The molecular formula is C9H10N2O2. The maximum absolute atomic E-state index is 10.6. The fourth-order valence-electron chi connectivity index (χ4n) is 1.70. The lowest BCUT2D eigenvalue weighted by atomic mass is 10.1. The fraction of sp³-hybridized carbons (Fsp3) is 0.333. The molecular weight excluding hydrogens is 168 g/mol. The highest BCUT2D eigenvalue weighted by Gasteiger charge is 2.24. The molecule has 1 atom stereocenters. The molecule has 1 N–H and O–H groups in total. The second-order valence-corrected chi connectivity index (χ2v) is 3.32. The number of para-hydroxylation sites is 1. The van der Waals surface area contributed by atoms with Gasteiger partial charge >= 0.3 is 0 Å². The number of nitrogens with one attached hydrogen (secondary N) is 1. The molecule has 13 heavy (non-hydrogen) atoms. The quantitative estimate of drug-likeness (QED) is 0.528. The molecule has 1 heterocycles. The number of nitro groups is 1. The highest BCUT2D eigenvalue weighted by molar-refractivity contribution is 5.69. The largest absolute Gasteiger partial charge is 0.376 e. The molecule has 0 aliphatic carbocycles. The molecule has 0 bridgehead atoms. The van der Waals surface area contributed by atoms with Crippen molar-refractivity contribution in [3.05, 3.63) is 33.9 Å². The molecule has 0 fully saturated rings. The Bertz CT molecular complexity index is 363. The van der Waals surface area contributed by atoms with E-state index in [0.29, 0.717) is 11.7 Å². The van der Waals surface area contributed by atoms with Crippen LogP contribution in [0.3, 0.4) is 0 Å². The van der Waals surface area contributed by atoms with Gasteiger partial charge in [0.15, 0.2) is 0 Å². The molecule has 1 aliphatic rings. The standard InChI is InChI=1S/C9H10N2O2/c1-6-5-7-3-2-4-8(11(12)13)9(7)10-6/h2-4,6,10H,5H2,1H3. The molecule has 1 aliphatic heterocycles. The smallest absolute Gasteiger partial charge is 0.292 e. The Balaban J connectivity index is 2.51. The van der Waals surface area contributed by atoms with E-state index in [-0.39, 0.29) is 10.6 Å². The van der Waals surface area contributed by atoms with Crippen molar-refractivity contribution in [2.45, 2.75) is 19.4 Å². The van der Waals surface area contributed by atoms with E-state index in [2.05, 4.69) is 5.32 Å². The summed E-state index contributed by atoms with van der Waals surface area (Å²) in [6.45, 7) is 2.02. The lowest BCUT2D eigenvalue weighted by Gasteiger charge is -2.02. The van der Waals surface area contributed by atoms with E-state index in [9.17, 15) is 10.1 Å². The summed E-state index contributed by atoms with van der Waals surface area (Å²) in [5, 5.41) is 13.7. The summed E-state index contributed by atoms with van der Waals surface area (Å²) in [6.07, 6.45) is 0.872. The summed E-state index contributed by atoms with van der Waals surface area (Å²) in [5.74, 6) is 0. The highest BCUT2D eigenvalue weighted by Crippen LogP contribution is 2.34. The van der Waals surface area contributed by atoms with Crippen molar-refractivity contribution in [1.29, 1.82) is 0 Å². The molecule has 1 aromatic rings. The van der Waals surface area contributed by atoms with Crippen LogP contribution in [0.25, 0.3) is 0 Å². The van der Waals surface area contributed by atoms with Crippen molar-refractivity contribution in [3.8, 4) is 0 Å². The van der Waals surface area contributed by atoms with Crippen molar-refractivity contribution >= 4 is 11.4 Å². The zero-order chi connectivity index (χ0) is 9.42. The van der Waals surface area contributed by atoms with Crippen molar-refractivity contribution in [2.75, 3.05) is 5.32 Å². The molecule has 0 saturated heterocycles. The monoisotopic (exact) mass is 178 g/mol. The van der Waals surface area contributed by atoms with E-state index in [4.69, 9.17) is 0 Å². The second kappa shape index (κ2) is 2.73. The summed E-state index contributed by atoms with van der Waals surface area (Å²) in [7, 11) is 0. The van der Waals surface area contributed by atoms with Gasteiger partial charge in [-0.3, -0.25) is 10.1 Å². The number of nitrogens with zero attached hydrogens (tertiary/aromatic N) is 1. The zero-order valence-electron chi connectivity index (χ0n) is 7.28. The van der Waals surface area contributed by atoms with E-state index < -0.39 is 0 Å². The van der Waals surface area contributed by atoms with Gasteiger partial charge in [0.05, 0.1) is 4.92 Å². The van der Waals surface area contributed by atoms with Crippen LogP contribution >= 0.6 is 0 Å². The van der Waals surface area contributed by atoms with Gasteiger partial charge in [-0.05, 0) is 18.9 Å². The fourth-order valence-corrected chi connectivity index (χ4v) is 1.70. The van der Waals surface area contributed by atoms with Gasteiger partial charge in [0.1, 0.15) is 5.69 Å². The van der Waals surface area contributed by atoms with Crippen LogP contribution < -0.4 is 5.32 Å². The predicted molar refractivity (Wildman–Crippen MR) is 49.9 cm³/mol. The molecule has 0 aromatic heterocycles. The summed E-state index contributed by atoms with van der Waals surface area (Å²) in [4.78, 5) is 10.3. The molecule has 1 aromatic carbocycles. The lowest BCUT2D eigenvalue weighted by molar-refractivity contribution is -0.383. The van der Waals surface area contributed by atoms with Crippen LogP contribution in [0.5, 0.6) is 0 Å². The van der Waals surface area contributed by atoms with E-state index in [1.807, 2.05) is 13.0 Å². The second-order valence-electron chi connectivity index (χ2n) is 3.32. The number of hydrogen-bond donors (Lipinski definition) is 1. The third-order valence-electron chi connectivity index (χ3n) is 2.24. The molecule has 0 amide bonds. The number of nitro benzene ring substituents is 1. The molecule has 0 saturated carbocycles. The molecule has 4 nitrogen and oxygen atoms in total. The number of fused-ring (bicyclic) bond motifs is 1. The first-order chi connectivity index (χ1) is 6.18. The van der Waals surface area contributed by atoms with Crippen molar-refractivity contribution in [2.24, 2.45) is 0 Å². The topological polar surface area (TPSA) is 55.2 Å². The van der Waals surface area contributed by atoms with Crippen molar-refractivity contribution < 1.29 is 4.92 Å². The van der Waals surface area contributed by atoms with Crippen LogP contribution in [-0.4, -0.2) is 11.0 Å². The number of anilines is 1. The predicted octanol–water partition coefficient (Wildman–Crippen LogP) is 1.95. The van der Waals surface area contributed by atoms with E-state index in [1.54, 1.807) is 6.07 Å². The third kappa shape index (κ3) is 1.24. The SMILES string of the molecule is CC1Cc2cccc([N+](=O)[O-])c2N1. The Morgan fingerprint density at radius 2 is 2.38 bits per heavy atom. The van der Waals surface area contributed by atoms with Crippen LogP contribution in [0.15, 0.2) is 18.2 Å². The minimum absolute atomic E-state index is 0.182. The van der Waals surface area contributed by atoms with Gasteiger partial charge in [-0.1, -0.05) is 12.1 Å². The van der Waals surface area contributed by atoms with E-state index >= 15 is 0 Å². The minimum atomic E-state index is -0.343. The first kappa shape index (κ1) is 8.04. The van der Waals surface area contributed by atoms with Crippen LogP contribution in [-0.2, 0) is 6.42 Å². The molecule has 68 valence electrons. The lowest BCUT2D eigenvalue weighted by Crippen LogP contribution is -2.09. The summed E-state index contributed by atoms with van der Waals surface area (Å²) in [6, 6.07) is 5.50. The van der Waals surface area contributed by atoms with E-state index in [1.165, 1.54) is 6.07 Å². The minimum Gasteiger partial charge on any atom is -0.376 e. The average molecular weight is 178 g/mol. The van der Waals surface area contributed by atoms with Crippen molar-refractivity contribution in [1.82, 2.24) is 0 Å². The normalized spacial score (nSPS) is 19.3. The maximum Gasteiger partial charge on any atom is 0.292 e. The Morgan fingerprint density at radius 1 is 1.62 bits per heavy atom. The van der Waals surface area contributed by atoms with Gasteiger partial charge in [0, 0.05) is 12.1 Å². The molecule has 2 rings (SSSR count). The Hall–Kier alpha value is -1.58. The van der Waals surface area contributed by atoms with Gasteiger partial charge in [0.2, 0.25) is 0 Å². The van der Waals surface area contributed by atoms with Crippen molar-refractivity contribution in [3.63, 3.8) is 0 Å². The van der Waals surface area contributed by atoms with Crippen LogP contribution in [0.2, 0.25) is 0 Å².